The molecule has 0 saturated carbocycles. The van der Waals surface area contributed by atoms with Crippen molar-refractivity contribution in [2.24, 2.45) is 0 Å². The molecule has 0 aliphatic rings. The second-order valence-electron chi connectivity index (χ2n) is 8.44. The minimum absolute atomic E-state index is 0.0167. The second kappa shape index (κ2) is 6.98. The lowest BCUT2D eigenvalue weighted by atomic mass is 9.79. The smallest absolute Gasteiger partial charge is 0.129 e. The molecule has 1 N–H and O–H groups in total. The van der Waals surface area contributed by atoms with Gasteiger partial charge in [-0.25, -0.2) is 0 Å². The summed E-state index contributed by atoms with van der Waals surface area (Å²) >= 11 is 0. The molecule has 0 saturated heterocycles. The van der Waals surface area contributed by atoms with E-state index in [1.807, 2.05) is 18.2 Å². The number of aliphatic hydroxyl groups excluding tert-OH is 1. The van der Waals surface area contributed by atoms with Crippen LogP contribution in [0.25, 0.3) is 0 Å². The number of ether oxygens (including phenoxy) is 1. The predicted octanol–water partition coefficient (Wildman–Crippen LogP) is 5.35. The molecular formula is C22H30O2. The molecule has 0 atom stereocenters. The lowest BCUT2D eigenvalue weighted by Gasteiger charge is -2.29. The molecule has 2 rings (SSSR count). The second-order valence-corrected chi connectivity index (χ2v) is 8.44. The summed E-state index contributed by atoms with van der Waals surface area (Å²) in [6, 6.07) is 14.5. The highest BCUT2D eigenvalue weighted by molar-refractivity contribution is 5.49. The van der Waals surface area contributed by atoms with Crippen LogP contribution in [0.3, 0.4) is 0 Å². The van der Waals surface area contributed by atoms with E-state index < -0.39 is 0 Å². The van der Waals surface area contributed by atoms with Gasteiger partial charge in [-0.05, 0) is 28.0 Å². The molecule has 0 heterocycles. The molecule has 0 aliphatic heterocycles. The zero-order valence-corrected chi connectivity index (χ0v) is 15.8. The molecule has 24 heavy (non-hydrogen) atoms. The van der Waals surface area contributed by atoms with Gasteiger partial charge in [0.05, 0.1) is 6.61 Å². The summed E-state index contributed by atoms with van der Waals surface area (Å²) in [5, 5.41) is 9.92. The monoisotopic (exact) mass is 326 g/mol. The van der Waals surface area contributed by atoms with Crippen LogP contribution in [0.4, 0.5) is 0 Å². The molecule has 0 aliphatic carbocycles. The first kappa shape index (κ1) is 18.5. The van der Waals surface area contributed by atoms with Gasteiger partial charge < -0.3 is 9.84 Å². The Morgan fingerprint density at radius 1 is 0.875 bits per heavy atom. The average molecular weight is 326 g/mol. The van der Waals surface area contributed by atoms with Crippen molar-refractivity contribution < 1.29 is 9.84 Å². The van der Waals surface area contributed by atoms with Crippen LogP contribution in [0.1, 0.15) is 63.8 Å². The summed E-state index contributed by atoms with van der Waals surface area (Å²) in [7, 11) is 0. The Labute approximate surface area is 146 Å². The van der Waals surface area contributed by atoms with E-state index in [4.69, 9.17) is 4.74 Å². The van der Waals surface area contributed by atoms with Crippen LogP contribution in [0.15, 0.2) is 42.5 Å². The van der Waals surface area contributed by atoms with E-state index >= 15 is 0 Å². The van der Waals surface area contributed by atoms with Crippen molar-refractivity contribution in [3.8, 4) is 5.75 Å². The van der Waals surface area contributed by atoms with Crippen molar-refractivity contribution >= 4 is 0 Å². The fraction of sp³-hybridized carbons (Fsp3) is 0.455. The van der Waals surface area contributed by atoms with Gasteiger partial charge in [0.2, 0.25) is 0 Å². The lowest BCUT2D eigenvalue weighted by molar-refractivity contribution is 0.254. The highest BCUT2D eigenvalue weighted by atomic mass is 16.5. The largest absolute Gasteiger partial charge is 0.488 e. The predicted molar refractivity (Wildman–Crippen MR) is 101 cm³/mol. The molecule has 0 fully saturated rings. The van der Waals surface area contributed by atoms with Gasteiger partial charge in [0.25, 0.3) is 0 Å². The fourth-order valence-electron chi connectivity index (χ4n) is 2.70. The van der Waals surface area contributed by atoms with Gasteiger partial charge in [-0.3, -0.25) is 0 Å². The third kappa shape index (κ3) is 4.39. The molecule has 2 aromatic carbocycles. The van der Waals surface area contributed by atoms with E-state index in [0.717, 1.165) is 22.4 Å². The third-order valence-electron chi connectivity index (χ3n) is 4.24. The zero-order chi connectivity index (χ0) is 18.0. The minimum atomic E-state index is -0.0583. The maximum Gasteiger partial charge on any atom is 0.129 e. The maximum absolute atomic E-state index is 9.92. The van der Waals surface area contributed by atoms with Gasteiger partial charge in [-0.2, -0.15) is 0 Å². The molecule has 0 unspecified atom stereocenters. The molecule has 0 aromatic heterocycles. The summed E-state index contributed by atoms with van der Waals surface area (Å²) in [5.41, 5.74) is 4.34. The Morgan fingerprint density at radius 2 is 1.50 bits per heavy atom. The Morgan fingerprint density at radius 3 is 2.00 bits per heavy atom. The van der Waals surface area contributed by atoms with Crippen molar-refractivity contribution in [1.29, 1.82) is 0 Å². The van der Waals surface area contributed by atoms with Crippen molar-refractivity contribution in [2.75, 3.05) is 0 Å². The molecular weight excluding hydrogens is 296 g/mol. The average Bonchev–Trinajstić information content (AvgIpc) is 2.51. The topological polar surface area (TPSA) is 29.5 Å². The number of rotatable bonds is 4. The van der Waals surface area contributed by atoms with E-state index in [1.54, 1.807) is 0 Å². The molecule has 2 nitrogen and oxygen atoms in total. The van der Waals surface area contributed by atoms with E-state index in [2.05, 4.69) is 65.8 Å². The van der Waals surface area contributed by atoms with Crippen LogP contribution >= 0.6 is 0 Å². The minimum Gasteiger partial charge on any atom is -0.488 e. The Kier molecular flexibility index (Phi) is 5.39. The maximum atomic E-state index is 9.92. The molecule has 2 aromatic rings. The van der Waals surface area contributed by atoms with Crippen molar-refractivity contribution in [3.63, 3.8) is 0 Å². The highest BCUT2D eigenvalue weighted by Crippen LogP contribution is 2.38. The van der Waals surface area contributed by atoms with E-state index in [9.17, 15) is 5.11 Å². The van der Waals surface area contributed by atoms with Crippen molar-refractivity contribution in [1.82, 2.24) is 0 Å². The highest BCUT2D eigenvalue weighted by Gasteiger charge is 2.25. The summed E-state index contributed by atoms with van der Waals surface area (Å²) in [5.74, 6) is 0.821. The SMILES string of the molecule is CC(C)(C)c1cc(CO)c(OCc2ccccc2)c(C(C)(C)C)c1. The third-order valence-corrected chi connectivity index (χ3v) is 4.24. The summed E-state index contributed by atoms with van der Waals surface area (Å²) in [4.78, 5) is 0. The molecule has 0 bridgehead atoms. The van der Waals surface area contributed by atoms with Crippen LogP contribution < -0.4 is 4.74 Å². The lowest BCUT2D eigenvalue weighted by Crippen LogP contribution is -2.19. The van der Waals surface area contributed by atoms with Crippen LogP contribution in [-0.4, -0.2) is 5.11 Å². The summed E-state index contributed by atoms with van der Waals surface area (Å²) in [6.07, 6.45) is 0. The Balaban J connectivity index is 2.48. The molecule has 2 heteroatoms. The van der Waals surface area contributed by atoms with Crippen LogP contribution in [-0.2, 0) is 24.0 Å². The molecule has 130 valence electrons. The normalized spacial score (nSPS) is 12.3. The number of hydrogen-bond acceptors (Lipinski definition) is 2. The Bertz CT molecular complexity index is 674. The van der Waals surface area contributed by atoms with Crippen LogP contribution in [0.5, 0.6) is 5.75 Å². The zero-order valence-electron chi connectivity index (χ0n) is 15.8. The van der Waals surface area contributed by atoms with Crippen molar-refractivity contribution in [2.45, 2.75) is 65.6 Å². The number of aliphatic hydroxyl groups is 1. The van der Waals surface area contributed by atoms with Gasteiger partial charge in [0.1, 0.15) is 12.4 Å². The standard InChI is InChI=1S/C22H30O2/c1-21(2,3)18-12-17(14-23)20(19(13-18)22(4,5)6)24-15-16-10-8-7-9-11-16/h7-13,23H,14-15H2,1-6H3. The van der Waals surface area contributed by atoms with Gasteiger partial charge in [-0.15, -0.1) is 0 Å². The van der Waals surface area contributed by atoms with Gasteiger partial charge >= 0.3 is 0 Å². The number of benzene rings is 2. The molecule has 0 spiro atoms. The first-order valence-electron chi connectivity index (χ1n) is 8.58. The summed E-state index contributed by atoms with van der Waals surface area (Å²) < 4.78 is 6.18. The van der Waals surface area contributed by atoms with Crippen LogP contribution in [0.2, 0.25) is 0 Å². The summed E-state index contributed by atoms with van der Waals surface area (Å²) in [6.45, 7) is 13.6. The molecule has 0 amide bonds. The van der Waals surface area contributed by atoms with E-state index in [-0.39, 0.29) is 17.4 Å². The fourth-order valence-corrected chi connectivity index (χ4v) is 2.70. The van der Waals surface area contributed by atoms with E-state index in [1.165, 1.54) is 5.56 Å². The van der Waals surface area contributed by atoms with Gasteiger partial charge in [-0.1, -0.05) is 77.9 Å². The van der Waals surface area contributed by atoms with Gasteiger partial charge in [0, 0.05) is 11.1 Å². The molecule has 0 radical (unpaired) electrons. The van der Waals surface area contributed by atoms with Gasteiger partial charge in [0.15, 0.2) is 0 Å². The Hall–Kier alpha value is -1.80. The first-order valence-corrected chi connectivity index (χ1v) is 8.58. The quantitative estimate of drug-likeness (QED) is 0.820. The van der Waals surface area contributed by atoms with E-state index in [0.29, 0.717) is 6.61 Å². The number of hydrogen-bond donors (Lipinski definition) is 1. The van der Waals surface area contributed by atoms with Crippen LogP contribution in [0, 0.1) is 0 Å². The van der Waals surface area contributed by atoms with Crippen molar-refractivity contribution in [3.05, 3.63) is 64.7 Å². The first-order chi connectivity index (χ1) is 11.1.